The smallest absolute Gasteiger partial charge is 0.262 e. The van der Waals surface area contributed by atoms with E-state index in [2.05, 4.69) is 10.6 Å². The number of nitrogens with one attached hydrogen (secondary N) is 2. The maximum atomic E-state index is 12.3. The van der Waals surface area contributed by atoms with E-state index >= 15 is 0 Å². The van der Waals surface area contributed by atoms with E-state index in [9.17, 15) is 9.59 Å². The van der Waals surface area contributed by atoms with Crippen molar-refractivity contribution in [3.63, 3.8) is 0 Å². The number of fused-ring (bicyclic) bond motifs is 1. The number of anilines is 2. The largest absolute Gasteiger partial charge is 0.481 e. The number of rotatable bonds is 2. The summed E-state index contributed by atoms with van der Waals surface area (Å²) < 4.78 is 5.34. The lowest BCUT2D eigenvalue weighted by Gasteiger charge is -2.24. The molecule has 2 N–H and O–H groups in total. The van der Waals surface area contributed by atoms with E-state index in [-0.39, 0.29) is 24.3 Å². The lowest BCUT2D eigenvalue weighted by Crippen LogP contribution is -2.28. The number of amides is 2. The molecule has 0 spiro atoms. The molecule has 1 aliphatic carbocycles. The first-order chi connectivity index (χ1) is 9.74. The molecule has 2 aliphatic rings. The fourth-order valence-corrected chi connectivity index (χ4v) is 2.80. The summed E-state index contributed by atoms with van der Waals surface area (Å²) in [6, 6.07) is 5.38. The molecule has 106 valence electrons. The lowest BCUT2D eigenvalue weighted by atomic mass is 9.88. The van der Waals surface area contributed by atoms with Gasteiger partial charge in [0.15, 0.2) is 6.61 Å². The molecule has 1 aromatic carbocycles. The molecular weight excluding hydrogens is 256 g/mol. The Labute approximate surface area is 117 Å². The first-order valence-electron chi connectivity index (χ1n) is 7.10. The Morgan fingerprint density at radius 2 is 2.05 bits per heavy atom. The Hall–Kier alpha value is -2.04. The third kappa shape index (κ3) is 2.61. The van der Waals surface area contributed by atoms with Gasteiger partial charge in [-0.15, -0.1) is 0 Å². The number of hydrogen-bond donors (Lipinski definition) is 2. The molecule has 1 saturated carbocycles. The second-order valence-electron chi connectivity index (χ2n) is 5.34. The fraction of sp³-hybridized carbons (Fsp3) is 0.467. The normalized spacial score (nSPS) is 18.7. The third-order valence-corrected chi connectivity index (χ3v) is 3.88. The van der Waals surface area contributed by atoms with E-state index in [1.807, 2.05) is 6.07 Å². The van der Waals surface area contributed by atoms with Crippen molar-refractivity contribution in [1.29, 1.82) is 0 Å². The van der Waals surface area contributed by atoms with Crippen LogP contribution in [-0.2, 0) is 9.59 Å². The monoisotopic (exact) mass is 274 g/mol. The maximum absolute atomic E-state index is 12.3. The molecule has 0 aromatic heterocycles. The predicted molar refractivity (Wildman–Crippen MR) is 75.8 cm³/mol. The van der Waals surface area contributed by atoms with Crippen molar-refractivity contribution in [3.8, 4) is 5.75 Å². The summed E-state index contributed by atoms with van der Waals surface area (Å²) in [5.74, 6) is 0.528. The average Bonchev–Trinajstić information content (AvgIpc) is 2.49. The summed E-state index contributed by atoms with van der Waals surface area (Å²) >= 11 is 0. The molecule has 1 aliphatic heterocycles. The minimum Gasteiger partial charge on any atom is -0.481 e. The SMILES string of the molecule is O=C1COc2cccc(NC(=O)C3CCCCC3)c2N1. The quantitative estimate of drug-likeness (QED) is 0.870. The van der Waals surface area contributed by atoms with Crippen LogP contribution in [0.1, 0.15) is 32.1 Å². The van der Waals surface area contributed by atoms with Crippen molar-refractivity contribution >= 4 is 23.2 Å². The minimum absolute atomic E-state index is 0.0209. The summed E-state index contributed by atoms with van der Waals surface area (Å²) in [5, 5.41) is 5.68. The van der Waals surface area contributed by atoms with E-state index in [0.717, 1.165) is 25.7 Å². The number of para-hydroxylation sites is 1. The second kappa shape index (κ2) is 5.53. The second-order valence-corrected chi connectivity index (χ2v) is 5.34. The number of ether oxygens (including phenoxy) is 1. The molecule has 20 heavy (non-hydrogen) atoms. The number of carbonyl (C=O) groups is 2. The topological polar surface area (TPSA) is 67.4 Å². The molecule has 0 unspecified atom stereocenters. The van der Waals surface area contributed by atoms with Crippen LogP contribution in [0.3, 0.4) is 0 Å². The van der Waals surface area contributed by atoms with Crippen LogP contribution < -0.4 is 15.4 Å². The van der Waals surface area contributed by atoms with Crippen molar-refractivity contribution in [3.05, 3.63) is 18.2 Å². The van der Waals surface area contributed by atoms with Gasteiger partial charge in [0.1, 0.15) is 11.4 Å². The molecule has 0 atom stereocenters. The zero-order valence-corrected chi connectivity index (χ0v) is 11.3. The molecule has 3 rings (SSSR count). The Kier molecular flexibility index (Phi) is 3.58. The molecule has 0 saturated heterocycles. The summed E-state index contributed by atoms with van der Waals surface area (Å²) in [4.78, 5) is 23.7. The number of benzene rings is 1. The van der Waals surface area contributed by atoms with Crippen LogP contribution in [0.15, 0.2) is 18.2 Å². The summed E-state index contributed by atoms with van der Waals surface area (Å²) in [7, 11) is 0. The van der Waals surface area contributed by atoms with Crippen LogP contribution in [0.5, 0.6) is 5.75 Å². The van der Waals surface area contributed by atoms with E-state index < -0.39 is 0 Å². The van der Waals surface area contributed by atoms with Crippen LogP contribution in [0.2, 0.25) is 0 Å². The van der Waals surface area contributed by atoms with Crippen molar-refractivity contribution in [2.75, 3.05) is 17.2 Å². The minimum atomic E-state index is -0.197. The number of hydrogen-bond acceptors (Lipinski definition) is 3. The van der Waals surface area contributed by atoms with Crippen molar-refractivity contribution in [2.45, 2.75) is 32.1 Å². The summed E-state index contributed by atoms with van der Waals surface area (Å²) in [6.45, 7) is 0.0209. The van der Waals surface area contributed by atoms with Crippen molar-refractivity contribution in [2.24, 2.45) is 5.92 Å². The number of carbonyl (C=O) groups excluding carboxylic acids is 2. The van der Waals surface area contributed by atoms with Gasteiger partial charge in [-0.05, 0) is 25.0 Å². The molecule has 2 amide bonds. The molecule has 0 bridgehead atoms. The van der Waals surface area contributed by atoms with Gasteiger partial charge in [-0.25, -0.2) is 0 Å². The van der Waals surface area contributed by atoms with Gasteiger partial charge >= 0.3 is 0 Å². The highest BCUT2D eigenvalue weighted by Crippen LogP contribution is 2.35. The third-order valence-electron chi connectivity index (χ3n) is 3.88. The average molecular weight is 274 g/mol. The van der Waals surface area contributed by atoms with Crippen LogP contribution in [0, 0.1) is 5.92 Å². The van der Waals surface area contributed by atoms with Gasteiger partial charge in [0, 0.05) is 5.92 Å². The molecule has 0 radical (unpaired) electrons. The van der Waals surface area contributed by atoms with E-state index in [1.54, 1.807) is 12.1 Å². The van der Waals surface area contributed by atoms with Gasteiger partial charge in [-0.3, -0.25) is 9.59 Å². The standard InChI is InChI=1S/C15H18N2O3/c18-13-9-20-12-8-4-7-11(14(12)17-13)16-15(19)10-5-2-1-3-6-10/h4,7-8,10H,1-3,5-6,9H2,(H,16,19)(H,17,18). The Morgan fingerprint density at radius 3 is 2.85 bits per heavy atom. The van der Waals surface area contributed by atoms with Crippen LogP contribution in [0.4, 0.5) is 11.4 Å². The lowest BCUT2D eigenvalue weighted by molar-refractivity contribution is -0.121. The van der Waals surface area contributed by atoms with Gasteiger partial charge in [0.05, 0.1) is 5.69 Å². The zero-order valence-electron chi connectivity index (χ0n) is 11.3. The van der Waals surface area contributed by atoms with Gasteiger partial charge in [-0.1, -0.05) is 25.3 Å². The van der Waals surface area contributed by atoms with Crippen molar-refractivity contribution in [1.82, 2.24) is 0 Å². The Morgan fingerprint density at radius 1 is 1.25 bits per heavy atom. The summed E-state index contributed by atoms with van der Waals surface area (Å²) in [5.41, 5.74) is 1.18. The molecule has 1 fully saturated rings. The van der Waals surface area contributed by atoms with Gasteiger partial charge < -0.3 is 15.4 Å². The van der Waals surface area contributed by atoms with Crippen molar-refractivity contribution < 1.29 is 14.3 Å². The Balaban J connectivity index is 1.77. The maximum Gasteiger partial charge on any atom is 0.262 e. The molecule has 5 heteroatoms. The van der Waals surface area contributed by atoms with E-state index in [0.29, 0.717) is 17.1 Å². The van der Waals surface area contributed by atoms with Gasteiger partial charge in [0.25, 0.3) is 5.91 Å². The highest BCUT2D eigenvalue weighted by molar-refractivity contribution is 6.03. The van der Waals surface area contributed by atoms with Crippen LogP contribution in [-0.4, -0.2) is 18.4 Å². The molecular formula is C15H18N2O3. The van der Waals surface area contributed by atoms with Gasteiger partial charge in [-0.2, -0.15) is 0 Å². The van der Waals surface area contributed by atoms with Gasteiger partial charge in [0.2, 0.25) is 5.91 Å². The molecule has 1 heterocycles. The van der Waals surface area contributed by atoms with E-state index in [4.69, 9.17) is 4.74 Å². The Bertz CT molecular complexity index is 536. The highest BCUT2D eigenvalue weighted by atomic mass is 16.5. The molecule has 5 nitrogen and oxygen atoms in total. The van der Waals surface area contributed by atoms with Crippen LogP contribution in [0.25, 0.3) is 0 Å². The fourth-order valence-electron chi connectivity index (χ4n) is 2.80. The molecule has 1 aromatic rings. The van der Waals surface area contributed by atoms with Crippen LogP contribution >= 0.6 is 0 Å². The first-order valence-corrected chi connectivity index (χ1v) is 7.10. The zero-order chi connectivity index (χ0) is 13.9. The summed E-state index contributed by atoms with van der Waals surface area (Å²) in [6.07, 6.45) is 5.34. The first kappa shape index (κ1) is 13.0. The highest BCUT2D eigenvalue weighted by Gasteiger charge is 2.24. The van der Waals surface area contributed by atoms with E-state index in [1.165, 1.54) is 6.42 Å². The predicted octanol–water partition coefficient (Wildman–Crippen LogP) is 2.54.